The maximum atomic E-state index is 13.8. The molecule has 1 aromatic heterocycles. The maximum Gasteiger partial charge on any atom is 0.335 e. The molecule has 0 saturated carbocycles. The minimum Gasteiger partial charge on any atom is -0.478 e. The first-order valence-electron chi connectivity index (χ1n) is 17.3. The molecule has 0 spiro atoms. The highest BCUT2D eigenvalue weighted by molar-refractivity contribution is 8.00. The van der Waals surface area contributed by atoms with Gasteiger partial charge < -0.3 is 25.2 Å². The number of aromatic carboxylic acids is 2. The molecule has 4 N–H and O–H groups in total. The van der Waals surface area contributed by atoms with E-state index in [1.54, 1.807) is 42.5 Å². The zero-order chi connectivity index (χ0) is 36.6. The lowest BCUT2D eigenvalue weighted by Crippen LogP contribution is -2.19. The molecular formula is C41H39N3O6S2. The molecule has 1 aliphatic carbocycles. The van der Waals surface area contributed by atoms with Crippen molar-refractivity contribution in [1.82, 2.24) is 0 Å². The molecule has 0 radical (unpaired) electrons. The Bertz CT molecular complexity index is 2080. The number of carbonyl (C=O) groups is 4. The number of nitrogens with zero attached hydrogens (tertiary/aromatic N) is 1. The van der Waals surface area contributed by atoms with Gasteiger partial charge in [0.05, 0.1) is 16.7 Å². The third-order valence-electron chi connectivity index (χ3n) is 8.88. The van der Waals surface area contributed by atoms with Gasteiger partial charge >= 0.3 is 11.9 Å². The van der Waals surface area contributed by atoms with Gasteiger partial charge in [-0.05, 0) is 140 Å². The number of hydrogen-bond acceptors (Lipinski definition) is 7. The van der Waals surface area contributed by atoms with E-state index in [4.69, 9.17) is 5.11 Å². The molecule has 0 atom stereocenters. The highest BCUT2D eigenvalue weighted by Crippen LogP contribution is 2.39. The second-order valence-electron chi connectivity index (χ2n) is 12.6. The van der Waals surface area contributed by atoms with E-state index in [1.165, 1.54) is 23.3 Å². The molecule has 4 aromatic carbocycles. The fourth-order valence-electron chi connectivity index (χ4n) is 6.14. The van der Waals surface area contributed by atoms with Gasteiger partial charge in [0.25, 0.3) is 11.8 Å². The van der Waals surface area contributed by atoms with Gasteiger partial charge in [-0.15, -0.1) is 11.3 Å². The number of anilines is 3. The van der Waals surface area contributed by atoms with Crippen LogP contribution in [0.5, 0.6) is 0 Å². The first kappa shape index (κ1) is 36.4. The predicted octanol–water partition coefficient (Wildman–Crippen LogP) is 9.24. The summed E-state index contributed by atoms with van der Waals surface area (Å²) in [5.74, 6) is -2.47. The van der Waals surface area contributed by atoms with E-state index >= 15 is 0 Å². The lowest BCUT2D eigenvalue weighted by Gasteiger charge is -2.23. The number of hydrogen-bond donors (Lipinski definition) is 4. The van der Waals surface area contributed by atoms with Crippen LogP contribution in [-0.2, 0) is 25.7 Å². The average molecular weight is 734 g/mol. The molecule has 0 fully saturated rings. The van der Waals surface area contributed by atoms with Crippen molar-refractivity contribution >= 4 is 63.4 Å². The van der Waals surface area contributed by atoms with Crippen LogP contribution in [0.3, 0.4) is 0 Å². The molecule has 9 nitrogen and oxygen atoms in total. The number of amides is 2. The van der Waals surface area contributed by atoms with Crippen molar-refractivity contribution in [3.05, 3.63) is 141 Å². The Kier molecular flexibility index (Phi) is 11.7. The summed E-state index contributed by atoms with van der Waals surface area (Å²) < 4.78 is 2.08. The fourth-order valence-corrected chi connectivity index (χ4v) is 8.50. The Balaban J connectivity index is 1.14. The summed E-state index contributed by atoms with van der Waals surface area (Å²) in [4.78, 5) is 52.0. The number of carboxylic acid groups (broad SMARTS) is 2. The molecular weight excluding hydrogens is 695 g/mol. The number of carboxylic acids is 2. The topological polar surface area (TPSA) is 136 Å². The van der Waals surface area contributed by atoms with Crippen molar-refractivity contribution in [2.75, 3.05) is 21.5 Å². The van der Waals surface area contributed by atoms with Gasteiger partial charge in [0.2, 0.25) is 0 Å². The maximum absolute atomic E-state index is 13.8. The van der Waals surface area contributed by atoms with Crippen molar-refractivity contribution in [2.24, 2.45) is 0 Å². The number of fused-ring (bicyclic) bond motifs is 1. The second-order valence-corrected chi connectivity index (χ2v) is 14.8. The number of carbonyl (C=O) groups excluding carboxylic acids is 2. The summed E-state index contributed by atoms with van der Waals surface area (Å²) in [5.41, 5.74) is 6.14. The molecule has 6 rings (SSSR count). The first-order chi connectivity index (χ1) is 25.2. The highest BCUT2D eigenvalue weighted by atomic mass is 32.2. The van der Waals surface area contributed by atoms with Gasteiger partial charge in [-0.3, -0.25) is 9.59 Å². The van der Waals surface area contributed by atoms with Crippen LogP contribution in [0.15, 0.2) is 102 Å². The summed E-state index contributed by atoms with van der Waals surface area (Å²) in [7, 11) is 0. The Morgan fingerprint density at radius 2 is 1.35 bits per heavy atom. The van der Waals surface area contributed by atoms with E-state index in [0.29, 0.717) is 21.8 Å². The summed E-state index contributed by atoms with van der Waals surface area (Å²) >= 11 is 2.95. The first-order valence-corrected chi connectivity index (χ1v) is 18.8. The Labute approximate surface area is 310 Å². The average Bonchev–Trinajstić information content (AvgIpc) is 3.52. The van der Waals surface area contributed by atoms with E-state index in [1.807, 2.05) is 54.6 Å². The van der Waals surface area contributed by atoms with E-state index in [9.17, 15) is 24.3 Å². The monoisotopic (exact) mass is 733 g/mol. The quantitative estimate of drug-likeness (QED) is 0.0830. The van der Waals surface area contributed by atoms with Gasteiger partial charge in [-0.1, -0.05) is 37.3 Å². The number of rotatable bonds is 14. The summed E-state index contributed by atoms with van der Waals surface area (Å²) in [6, 6.07) is 28.7. The van der Waals surface area contributed by atoms with Crippen LogP contribution < -0.4 is 14.9 Å². The third kappa shape index (κ3) is 8.90. The molecule has 1 heterocycles. The minimum atomic E-state index is -0.974. The largest absolute Gasteiger partial charge is 0.478 e. The van der Waals surface area contributed by atoms with E-state index < -0.39 is 11.9 Å². The Morgan fingerprint density at radius 3 is 1.98 bits per heavy atom. The highest BCUT2D eigenvalue weighted by Gasteiger charge is 2.27. The summed E-state index contributed by atoms with van der Waals surface area (Å²) in [6.45, 7) is 2.79. The smallest absolute Gasteiger partial charge is 0.335 e. The Morgan fingerprint density at radius 1 is 0.731 bits per heavy atom. The molecule has 2 amide bonds. The molecule has 266 valence electrons. The standard InChI is InChI=1S/C41H39N3O6S2/c1-2-24-44(32-22-18-29(19-23-32)41(49)50)52-33-7-5-6-30(25-33)37(45)43-39-36(34-8-3-4-9-35(34)51-39)38(46)42-31-20-14-27(15-21-31)11-10-26-12-16-28(17-13-26)40(47)48/h5-7,12-23,25H,2-4,8-11,24H2,1H3,(H,42,46)(H,43,45)(H,47,48)(H,49,50). The normalized spacial score (nSPS) is 12.1. The summed E-state index contributed by atoms with van der Waals surface area (Å²) in [6.07, 6.45) is 6.08. The number of benzene rings is 4. The van der Waals surface area contributed by atoms with Gasteiger partial charge in [0, 0.05) is 33.3 Å². The lowest BCUT2D eigenvalue weighted by atomic mass is 9.95. The van der Waals surface area contributed by atoms with Gasteiger partial charge in [-0.2, -0.15) is 0 Å². The van der Waals surface area contributed by atoms with Crippen molar-refractivity contribution in [3.63, 3.8) is 0 Å². The molecule has 0 bridgehead atoms. The third-order valence-corrected chi connectivity index (χ3v) is 11.2. The predicted molar refractivity (Wildman–Crippen MR) is 207 cm³/mol. The van der Waals surface area contributed by atoms with E-state index in [0.717, 1.165) is 83.6 Å². The van der Waals surface area contributed by atoms with E-state index in [2.05, 4.69) is 21.9 Å². The minimum absolute atomic E-state index is 0.223. The number of thiophene rings is 1. The summed E-state index contributed by atoms with van der Waals surface area (Å²) in [5, 5.41) is 25.1. The van der Waals surface area contributed by atoms with Crippen molar-refractivity contribution in [2.45, 2.75) is 56.8 Å². The molecule has 1 aliphatic rings. The number of nitrogens with one attached hydrogen (secondary N) is 2. The molecule has 52 heavy (non-hydrogen) atoms. The van der Waals surface area contributed by atoms with Crippen LogP contribution in [-0.4, -0.2) is 40.5 Å². The van der Waals surface area contributed by atoms with Crippen LogP contribution in [0.2, 0.25) is 0 Å². The van der Waals surface area contributed by atoms with Crippen LogP contribution in [0.4, 0.5) is 16.4 Å². The molecule has 0 aliphatic heterocycles. The van der Waals surface area contributed by atoms with Gasteiger partial charge in [-0.25, -0.2) is 9.59 Å². The second kappa shape index (κ2) is 16.8. The van der Waals surface area contributed by atoms with Gasteiger partial charge in [0.15, 0.2) is 0 Å². The van der Waals surface area contributed by atoms with Gasteiger partial charge in [0.1, 0.15) is 5.00 Å². The van der Waals surface area contributed by atoms with Crippen LogP contribution in [0.25, 0.3) is 0 Å². The van der Waals surface area contributed by atoms with Crippen molar-refractivity contribution in [3.8, 4) is 0 Å². The zero-order valence-electron chi connectivity index (χ0n) is 28.7. The molecule has 11 heteroatoms. The van der Waals surface area contributed by atoms with E-state index in [-0.39, 0.29) is 22.9 Å². The molecule has 0 unspecified atom stereocenters. The van der Waals surface area contributed by atoms with Crippen LogP contribution >= 0.6 is 23.3 Å². The van der Waals surface area contributed by atoms with Crippen molar-refractivity contribution in [1.29, 1.82) is 0 Å². The molecule has 5 aromatic rings. The zero-order valence-corrected chi connectivity index (χ0v) is 30.3. The number of aryl methyl sites for hydroxylation is 3. The fraction of sp³-hybridized carbons (Fsp3) is 0.220. The van der Waals surface area contributed by atoms with Crippen molar-refractivity contribution < 1.29 is 29.4 Å². The Hall–Kier alpha value is -5.39. The van der Waals surface area contributed by atoms with Crippen LogP contribution in [0, 0.1) is 0 Å². The lowest BCUT2D eigenvalue weighted by molar-refractivity contribution is 0.0686. The molecule has 0 saturated heterocycles. The SMILES string of the molecule is CCCN(Sc1cccc(C(=O)Nc2sc3c(c2C(=O)Nc2ccc(CCc4ccc(C(=O)O)cc4)cc2)CCCC3)c1)c1ccc(C(=O)O)cc1. The van der Waals surface area contributed by atoms with Crippen LogP contribution in [0.1, 0.15) is 89.2 Å².